The first-order chi connectivity index (χ1) is 8.65. The molecule has 0 amide bonds. The molecule has 0 aliphatic carbocycles. The Bertz CT molecular complexity index is 475. The monoisotopic (exact) mass is 279 g/mol. The second-order valence-corrected chi connectivity index (χ2v) is 5.88. The Labute approximate surface area is 117 Å². The average Bonchev–Trinajstić information content (AvgIpc) is 2.83. The number of thioether (sulfide) groups is 1. The van der Waals surface area contributed by atoms with Crippen LogP contribution in [0.15, 0.2) is 23.3 Å². The molecule has 0 atom stereocenters. The summed E-state index contributed by atoms with van der Waals surface area (Å²) < 4.78 is 0. The zero-order valence-electron chi connectivity index (χ0n) is 10.6. The average molecular weight is 279 g/mol. The maximum atomic E-state index is 5.23. The van der Waals surface area contributed by atoms with E-state index in [1.54, 1.807) is 0 Å². The fraction of sp³-hybridized carbons (Fsp3) is 0.385. The molecular formula is C13H17N3S2. The van der Waals surface area contributed by atoms with Crippen molar-refractivity contribution in [2.75, 3.05) is 16.8 Å². The standard InChI is InChI=1S/C13H17N3S2/c1-9-3-4-12(10(2)7-9)14-13(17)16-15-11-5-6-18-8-11/h3-4,7H,5-6,8H2,1-2H3,(H2,14,16,17). The van der Waals surface area contributed by atoms with Crippen molar-refractivity contribution in [2.24, 2.45) is 5.10 Å². The van der Waals surface area contributed by atoms with Crippen molar-refractivity contribution in [2.45, 2.75) is 20.3 Å². The Morgan fingerprint density at radius 2 is 2.22 bits per heavy atom. The molecule has 3 nitrogen and oxygen atoms in total. The van der Waals surface area contributed by atoms with Crippen molar-refractivity contribution < 1.29 is 0 Å². The molecule has 0 radical (unpaired) electrons. The predicted octanol–water partition coefficient (Wildman–Crippen LogP) is 3.08. The van der Waals surface area contributed by atoms with E-state index >= 15 is 0 Å². The first-order valence-electron chi connectivity index (χ1n) is 5.92. The van der Waals surface area contributed by atoms with Crippen molar-refractivity contribution >= 4 is 40.5 Å². The van der Waals surface area contributed by atoms with Crippen molar-refractivity contribution in [3.63, 3.8) is 0 Å². The van der Waals surface area contributed by atoms with Gasteiger partial charge in [-0.3, -0.25) is 5.43 Å². The summed E-state index contributed by atoms with van der Waals surface area (Å²) in [4.78, 5) is 0. The summed E-state index contributed by atoms with van der Waals surface area (Å²) in [5.74, 6) is 2.18. The summed E-state index contributed by atoms with van der Waals surface area (Å²) in [6.45, 7) is 4.15. The number of hydrogen-bond acceptors (Lipinski definition) is 3. The van der Waals surface area contributed by atoms with E-state index in [4.69, 9.17) is 12.2 Å². The fourth-order valence-corrected chi connectivity index (χ4v) is 2.90. The fourth-order valence-electron chi connectivity index (χ4n) is 1.77. The highest BCUT2D eigenvalue weighted by Gasteiger charge is 2.08. The second kappa shape index (κ2) is 6.20. The Morgan fingerprint density at radius 3 is 2.89 bits per heavy atom. The van der Waals surface area contributed by atoms with E-state index < -0.39 is 0 Å². The van der Waals surface area contributed by atoms with Gasteiger partial charge in [-0.1, -0.05) is 17.7 Å². The van der Waals surface area contributed by atoms with E-state index in [9.17, 15) is 0 Å². The summed E-state index contributed by atoms with van der Waals surface area (Å²) in [5.41, 5.74) is 7.56. The van der Waals surface area contributed by atoms with E-state index in [0.29, 0.717) is 5.11 Å². The van der Waals surface area contributed by atoms with Crippen LogP contribution in [0, 0.1) is 13.8 Å². The van der Waals surface area contributed by atoms with Crippen molar-refractivity contribution in [1.29, 1.82) is 0 Å². The molecule has 1 aromatic rings. The van der Waals surface area contributed by atoms with Gasteiger partial charge in [0.05, 0.1) is 0 Å². The van der Waals surface area contributed by atoms with Crippen LogP contribution in [-0.2, 0) is 0 Å². The first kappa shape index (κ1) is 13.4. The summed E-state index contributed by atoms with van der Waals surface area (Å²) in [7, 11) is 0. The highest BCUT2D eigenvalue weighted by atomic mass is 32.2. The number of anilines is 1. The third-order valence-corrected chi connectivity index (χ3v) is 3.97. The van der Waals surface area contributed by atoms with Gasteiger partial charge in [-0.15, -0.1) is 0 Å². The van der Waals surface area contributed by atoms with Crippen molar-refractivity contribution in [3.05, 3.63) is 29.3 Å². The topological polar surface area (TPSA) is 36.4 Å². The van der Waals surface area contributed by atoms with E-state index in [1.165, 1.54) is 16.8 Å². The minimum absolute atomic E-state index is 0.548. The van der Waals surface area contributed by atoms with Gasteiger partial charge in [0.2, 0.25) is 0 Å². The van der Waals surface area contributed by atoms with Crippen LogP contribution < -0.4 is 10.7 Å². The number of nitrogens with one attached hydrogen (secondary N) is 2. The normalized spacial score (nSPS) is 16.9. The molecule has 0 aromatic heterocycles. The molecule has 0 unspecified atom stereocenters. The van der Waals surface area contributed by atoms with Crippen molar-refractivity contribution in [1.82, 2.24) is 5.43 Å². The summed E-state index contributed by atoms with van der Waals surface area (Å²) in [5, 5.41) is 8.02. The van der Waals surface area contributed by atoms with Crippen LogP contribution in [0.4, 0.5) is 5.69 Å². The zero-order chi connectivity index (χ0) is 13.0. The van der Waals surface area contributed by atoms with Crippen LogP contribution in [-0.4, -0.2) is 22.3 Å². The van der Waals surface area contributed by atoms with E-state index in [2.05, 4.69) is 41.8 Å². The number of nitrogens with zero attached hydrogens (tertiary/aromatic N) is 1. The molecule has 1 aromatic carbocycles. The minimum Gasteiger partial charge on any atom is -0.331 e. The number of rotatable bonds is 2. The molecule has 1 heterocycles. The van der Waals surface area contributed by atoms with Gasteiger partial charge in [0.1, 0.15) is 0 Å². The number of benzene rings is 1. The highest BCUT2D eigenvalue weighted by molar-refractivity contribution is 8.00. The molecule has 1 aliphatic heterocycles. The smallest absolute Gasteiger partial charge is 0.191 e. The number of hydrazone groups is 1. The summed E-state index contributed by atoms with van der Waals surface area (Å²) in [6, 6.07) is 6.24. The number of aryl methyl sites for hydroxylation is 2. The third-order valence-electron chi connectivity index (χ3n) is 2.75. The zero-order valence-corrected chi connectivity index (χ0v) is 12.3. The molecule has 1 aliphatic rings. The SMILES string of the molecule is Cc1ccc(NC(=S)NN=C2CCSC2)c(C)c1. The van der Waals surface area contributed by atoms with E-state index in [1.807, 2.05) is 17.8 Å². The molecule has 5 heteroatoms. The largest absolute Gasteiger partial charge is 0.331 e. The molecule has 0 spiro atoms. The summed E-state index contributed by atoms with van der Waals surface area (Å²) in [6.07, 6.45) is 1.06. The maximum absolute atomic E-state index is 5.23. The molecule has 0 saturated carbocycles. The minimum atomic E-state index is 0.548. The molecule has 96 valence electrons. The van der Waals surface area contributed by atoms with Crippen LogP contribution in [0.3, 0.4) is 0 Å². The van der Waals surface area contributed by atoms with Gasteiger partial charge in [-0.05, 0) is 49.9 Å². The van der Waals surface area contributed by atoms with Gasteiger partial charge in [0.15, 0.2) is 5.11 Å². The number of thiocarbonyl (C=S) groups is 1. The molecule has 0 bridgehead atoms. The Kier molecular flexibility index (Phi) is 4.60. The Hall–Kier alpha value is -1.07. The van der Waals surface area contributed by atoms with Gasteiger partial charge in [0, 0.05) is 17.2 Å². The van der Waals surface area contributed by atoms with E-state index in [0.717, 1.165) is 23.6 Å². The molecule has 1 fully saturated rings. The predicted molar refractivity (Wildman–Crippen MR) is 84.6 cm³/mol. The highest BCUT2D eigenvalue weighted by Crippen LogP contribution is 2.16. The third kappa shape index (κ3) is 3.71. The maximum Gasteiger partial charge on any atom is 0.191 e. The van der Waals surface area contributed by atoms with Crippen LogP contribution >= 0.6 is 24.0 Å². The lowest BCUT2D eigenvalue weighted by atomic mass is 10.1. The summed E-state index contributed by atoms with van der Waals surface area (Å²) >= 11 is 7.13. The van der Waals surface area contributed by atoms with E-state index in [-0.39, 0.29) is 0 Å². The lowest BCUT2D eigenvalue weighted by molar-refractivity contribution is 1.02. The molecule has 1 saturated heterocycles. The first-order valence-corrected chi connectivity index (χ1v) is 7.49. The Morgan fingerprint density at radius 1 is 1.39 bits per heavy atom. The lowest BCUT2D eigenvalue weighted by Crippen LogP contribution is -2.25. The number of hydrogen-bond donors (Lipinski definition) is 2. The lowest BCUT2D eigenvalue weighted by Gasteiger charge is -2.10. The second-order valence-electron chi connectivity index (χ2n) is 4.36. The van der Waals surface area contributed by atoms with Gasteiger partial charge < -0.3 is 5.32 Å². The van der Waals surface area contributed by atoms with Crippen LogP contribution in [0.5, 0.6) is 0 Å². The quantitative estimate of drug-likeness (QED) is 0.644. The van der Waals surface area contributed by atoms with Gasteiger partial charge in [0.25, 0.3) is 0 Å². The van der Waals surface area contributed by atoms with Gasteiger partial charge in [-0.25, -0.2) is 0 Å². The molecular weight excluding hydrogens is 262 g/mol. The van der Waals surface area contributed by atoms with Gasteiger partial charge in [-0.2, -0.15) is 16.9 Å². The van der Waals surface area contributed by atoms with Crippen LogP contribution in [0.2, 0.25) is 0 Å². The molecule has 18 heavy (non-hydrogen) atoms. The Balaban J connectivity index is 1.92. The van der Waals surface area contributed by atoms with Crippen LogP contribution in [0.1, 0.15) is 17.5 Å². The van der Waals surface area contributed by atoms with Crippen LogP contribution in [0.25, 0.3) is 0 Å². The van der Waals surface area contributed by atoms with Gasteiger partial charge >= 0.3 is 0 Å². The molecule has 2 rings (SSSR count). The molecule has 2 N–H and O–H groups in total. The van der Waals surface area contributed by atoms with Crippen molar-refractivity contribution in [3.8, 4) is 0 Å².